The molecule has 1 fully saturated rings. The third-order valence-corrected chi connectivity index (χ3v) is 4.65. The summed E-state index contributed by atoms with van der Waals surface area (Å²) in [5.41, 5.74) is 1.75. The lowest BCUT2D eigenvalue weighted by atomic mass is 10.0. The fourth-order valence-electron chi connectivity index (χ4n) is 2.34. The summed E-state index contributed by atoms with van der Waals surface area (Å²) in [6.07, 6.45) is 2.72. The van der Waals surface area contributed by atoms with Gasteiger partial charge in [0.05, 0.1) is 17.3 Å². The van der Waals surface area contributed by atoms with Crippen molar-refractivity contribution >= 4 is 22.7 Å². The average Bonchev–Trinajstić information content (AvgIpc) is 2.98. The number of aromatic amines is 1. The molecule has 4 nitrogen and oxygen atoms in total. The Morgan fingerprint density at radius 3 is 3.28 bits per heavy atom. The van der Waals surface area contributed by atoms with E-state index in [1.165, 1.54) is 5.56 Å². The van der Waals surface area contributed by atoms with Crippen molar-refractivity contribution in [3.63, 3.8) is 0 Å². The zero-order valence-corrected chi connectivity index (χ0v) is 11.0. The molecule has 1 atom stereocenters. The molecule has 0 aliphatic carbocycles. The van der Waals surface area contributed by atoms with E-state index in [9.17, 15) is 5.11 Å². The average molecular weight is 263 g/mol. The SMILES string of the molecule is OC1(CNCc2cccc3cn[nH]c23)CCSC1. The molecule has 0 amide bonds. The van der Waals surface area contributed by atoms with Gasteiger partial charge in [0.1, 0.15) is 0 Å². The number of benzene rings is 1. The highest BCUT2D eigenvalue weighted by Crippen LogP contribution is 2.27. The molecule has 96 valence electrons. The Labute approximate surface area is 110 Å². The number of thioether (sulfide) groups is 1. The van der Waals surface area contributed by atoms with E-state index < -0.39 is 5.60 Å². The van der Waals surface area contributed by atoms with Crippen LogP contribution in [0.4, 0.5) is 0 Å². The minimum atomic E-state index is -0.521. The minimum absolute atomic E-state index is 0.521. The molecule has 1 aliphatic rings. The summed E-state index contributed by atoms with van der Waals surface area (Å²) in [5.74, 6) is 1.91. The monoisotopic (exact) mass is 263 g/mol. The number of hydrogen-bond acceptors (Lipinski definition) is 4. The highest BCUT2D eigenvalue weighted by molar-refractivity contribution is 7.99. The van der Waals surface area contributed by atoms with E-state index in [1.54, 1.807) is 0 Å². The lowest BCUT2D eigenvalue weighted by molar-refractivity contribution is 0.0675. The maximum absolute atomic E-state index is 10.2. The van der Waals surface area contributed by atoms with E-state index in [0.717, 1.165) is 35.4 Å². The fourth-order valence-corrected chi connectivity index (χ4v) is 3.64. The minimum Gasteiger partial charge on any atom is -0.388 e. The van der Waals surface area contributed by atoms with Crippen LogP contribution in [0.15, 0.2) is 24.4 Å². The van der Waals surface area contributed by atoms with Gasteiger partial charge in [0.15, 0.2) is 0 Å². The Morgan fingerprint density at radius 1 is 1.50 bits per heavy atom. The van der Waals surface area contributed by atoms with E-state index in [-0.39, 0.29) is 0 Å². The lowest BCUT2D eigenvalue weighted by Gasteiger charge is -2.21. The van der Waals surface area contributed by atoms with Crippen LogP contribution in [0, 0.1) is 0 Å². The zero-order chi connectivity index (χ0) is 12.4. The summed E-state index contributed by atoms with van der Waals surface area (Å²) in [5, 5.41) is 21.8. The number of para-hydroxylation sites is 1. The van der Waals surface area contributed by atoms with E-state index in [0.29, 0.717) is 6.54 Å². The Balaban J connectivity index is 1.64. The van der Waals surface area contributed by atoms with Crippen LogP contribution in [-0.2, 0) is 6.54 Å². The largest absolute Gasteiger partial charge is 0.388 e. The topological polar surface area (TPSA) is 60.9 Å². The van der Waals surface area contributed by atoms with Gasteiger partial charge in [-0.25, -0.2) is 0 Å². The fraction of sp³-hybridized carbons (Fsp3) is 0.462. The van der Waals surface area contributed by atoms with E-state index in [1.807, 2.05) is 30.1 Å². The van der Waals surface area contributed by atoms with Gasteiger partial charge in [0.2, 0.25) is 0 Å². The molecule has 1 unspecified atom stereocenters. The van der Waals surface area contributed by atoms with Crippen LogP contribution >= 0.6 is 11.8 Å². The first-order chi connectivity index (χ1) is 8.77. The van der Waals surface area contributed by atoms with Crippen LogP contribution in [0.1, 0.15) is 12.0 Å². The van der Waals surface area contributed by atoms with Crippen molar-refractivity contribution in [2.24, 2.45) is 0 Å². The van der Waals surface area contributed by atoms with Crippen LogP contribution in [-0.4, -0.2) is 39.0 Å². The van der Waals surface area contributed by atoms with Crippen LogP contribution in [0.2, 0.25) is 0 Å². The Hall–Kier alpha value is -1.04. The molecule has 1 aromatic carbocycles. The summed E-state index contributed by atoms with van der Waals surface area (Å²) in [6, 6.07) is 6.17. The zero-order valence-electron chi connectivity index (χ0n) is 10.1. The van der Waals surface area contributed by atoms with Crippen LogP contribution < -0.4 is 5.32 Å². The Kier molecular flexibility index (Phi) is 3.28. The van der Waals surface area contributed by atoms with Crippen molar-refractivity contribution in [3.05, 3.63) is 30.0 Å². The van der Waals surface area contributed by atoms with E-state index in [4.69, 9.17) is 0 Å². The second-order valence-corrected chi connectivity index (χ2v) is 5.99. The predicted octanol–water partition coefficient (Wildman–Crippen LogP) is 1.52. The molecule has 0 radical (unpaired) electrons. The number of hydrogen-bond donors (Lipinski definition) is 3. The number of H-pyrrole nitrogens is 1. The van der Waals surface area contributed by atoms with E-state index in [2.05, 4.69) is 21.6 Å². The van der Waals surface area contributed by atoms with Gasteiger partial charge < -0.3 is 10.4 Å². The van der Waals surface area contributed by atoms with Gasteiger partial charge in [0.25, 0.3) is 0 Å². The van der Waals surface area contributed by atoms with Crippen LogP contribution in [0.25, 0.3) is 10.9 Å². The number of fused-ring (bicyclic) bond motifs is 1. The van der Waals surface area contributed by atoms with Gasteiger partial charge in [-0.1, -0.05) is 18.2 Å². The maximum atomic E-state index is 10.2. The molecule has 1 aromatic heterocycles. The Morgan fingerprint density at radius 2 is 2.44 bits per heavy atom. The van der Waals surface area contributed by atoms with Crippen LogP contribution in [0.3, 0.4) is 0 Å². The molecule has 0 spiro atoms. The van der Waals surface area contributed by atoms with Crippen molar-refractivity contribution in [2.45, 2.75) is 18.6 Å². The third kappa shape index (κ3) is 2.39. The van der Waals surface area contributed by atoms with Gasteiger partial charge in [-0.3, -0.25) is 5.10 Å². The first-order valence-corrected chi connectivity index (χ1v) is 7.34. The van der Waals surface area contributed by atoms with Gasteiger partial charge in [-0.15, -0.1) is 0 Å². The molecule has 3 rings (SSSR count). The van der Waals surface area contributed by atoms with Gasteiger partial charge >= 0.3 is 0 Å². The lowest BCUT2D eigenvalue weighted by Crippen LogP contribution is -2.40. The summed E-state index contributed by atoms with van der Waals surface area (Å²) in [4.78, 5) is 0. The molecule has 1 aliphatic heterocycles. The summed E-state index contributed by atoms with van der Waals surface area (Å²) in [7, 11) is 0. The van der Waals surface area contributed by atoms with Gasteiger partial charge in [0, 0.05) is 24.2 Å². The Bertz CT molecular complexity index is 534. The molecular weight excluding hydrogens is 246 g/mol. The number of nitrogens with one attached hydrogen (secondary N) is 2. The quantitative estimate of drug-likeness (QED) is 0.783. The van der Waals surface area contributed by atoms with Crippen LogP contribution in [0.5, 0.6) is 0 Å². The molecule has 2 aromatic rings. The molecule has 0 saturated carbocycles. The first-order valence-electron chi connectivity index (χ1n) is 6.19. The molecule has 3 N–H and O–H groups in total. The summed E-state index contributed by atoms with van der Waals surface area (Å²) in [6.45, 7) is 1.41. The molecule has 5 heteroatoms. The van der Waals surface area contributed by atoms with E-state index >= 15 is 0 Å². The second-order valence-electron chi connectivity index (χ2n) is 4.88. The number of aromatic nitrogens is 2. The molecule has 2 heterocycles. The highest BCUT2D eigenvalue weighted by Gasteiger charge is 2.30. The molecule has 1 saturated heterocycles. The normalized spacial score (nSPS) is 23.8. The van der Waals surface area contributed by atoms with Crippen molar-refractivity contribution in [1.82, 2.24) is 15.5 Å². The summed E-state index contributed by atoms with van der Waals surface area (Å²) >= 11 is 1.83. The first kappa shape index (κ1) is 12.0. The number of rotatable bonds is 4. The molecule has 0 bridgehead atoms. The highest BCUT2D eigenvalue weighted by atomic mass is 32.2. The van der Waals surface area contributed by atoms with Crippen molar-refractivity contribution in [2.75, 3.05) is 18.1 Å². The second kappa shape index (κ2) is 4.91. The molecule has 18 heavy (non-hydrogen) atoms. The van der Waals surface area contributed by atoms with Crippen molar-refractivity contribution in [1.29, 1.82) is 0 Å². The number of nitrogens with zero attached hydrogens (tertiary/aromatic N) is 1. The standard InChI is InChI=1S/C13H17N3OS/c17-13(4-5-18-9-13)8-14-6-10-2-1-3-11-7-15-16-12(10)11/h1-3,7,14,17H,4-6,8-9H2,(H,15,16). The van der Waals surface area contributed by atoms with Crippen molar-refractivity contribution < 1.29 is 5.11 Å². The third-order valence-electron chi connectivity index (χ3n) is 3.41. The van der Waals surface area contributed by atoms with Gasteiger partial charge in [-0.05, 0) is 17.7 Å². The van der Waals surface area contributed by atoms with Crippen molar-refractivity contribution in [3.8, 4) is 0 Å². The summed E-state index contributed by atoms with van der Waals surface area (Å²) < 4.78 is 0. The predicted molar refractivity (Wildman–Crippen MR) is 74.7 cm³/mol. The molecular formula is C13H17N3OS. The maximum Gasteiger partial charge on any atom is 0.0869 e. The smallest absolute Gasteiger partial charge is 0.0869 e. The van der Waals surface area contributed by atoms with Gasteiger partial charge in [-0.2, -0.15) is 16.9 Å². The number of aliphatic hydroxyl groups is 1.